The average molecular weight is 418 g/mol. The molecule has 0 saturated heterocycles. The largest absolute Gasteiger partial charge is 0.386 e. The van der Waals surface area contributed by atoms with E-state index in [1.54, 1.807) is 48.9 Å². The van der Waals surface area contributed by atoms with Crippen molar-refractivity contribution in [1.82, 2.24) is 10.6 Å². The van der Waals surface area contributed by atoms with Gasteiger partial charge in [0.05, 0.1) is 0 Å². The van der Waals surface area contributed by atoms with Gasteiger partial charge in [-0.3, -0.25) is 9.59 Å². The normalized spacial score (nSPS) is 18.9. The van der Waals surface area contributed by atoms with Gasteiger partial charge in [-0.15, -0.1) is 0 Å². The summed E-state index contributed by atoms with van der Waals surface area (Å²) < 4.78 is 0. The summed E-state index contributed by atoms with van der Waals surface area (Å²) in [5, 5.41) is 6.31. The van der Waals surface area contributed by atoms with E-state index in [0.29, 0.717) is 11.1 Å². The van der Waals surface area contributed by atoms with Crippen LogP contribution in [0.1, 0.15) is 41.5 Å². The van der Waals surface area contributed by atoms with Crippen molar-refractivity contribution < 1.29 is 26.7 Å². The number of carbonyl (C=O) groups is 2. The van der Waals surface area contributed by atoms with Crippen LogP contribution < -0.4 is 10.6 Å². The Hall–Kier alpha value is -2.10. The SMILES string of the molecule is CC(C)(C)N/C=C1/C=CC=CC1=O.CC(C)(C)N/C=C1/C=CC=CC1=O.[Cu]. The van der Waals surface area contributed by atoms with E-state index in [2.05, 4.69) is 52.2 Å². The molecule has 2 N–H and O–H groups in total. The van der Waals surface area contributed by atoms with Crippen LogP contribution in [0.25, 0.3) is 0 Å². The molecular formula is C22H30CuN2O2. The summed E-state index contributed by atoms with van der Waals surface area (Å²) in [4.78, 5) is 22.5. The Bertz CT molecular complexity index is 648. The van der Waals surface area contributed by atoms with Gasteiger partial charge in [-0.1, -0.05) is 24.3 Å². The maximum atomic E-state index is 11.3. The third-order valence-corrected chi connectivity index (χ3v) is 3.16. The smallest absolute Gasteiger partial charge is 0.187 e. The first-order valence-electron chi connectivity index (χ1n) is 8.72. The van der Waals surface area contributed by atoms with Crippen molar-refractivity contribution in [3.8, 4) is 0 Å². The number of hydrogen-bond donors (Lipinski definition) is 2. The zero-order chi connectivity index (χ0) is 19.8. The van der Waals surface area contributed by atoms with E-state index < -0.39 is 0 Å². The fraction of sp³-hybridized carbons (Fsp3) is 0.364. The molecule has 0 spiro atoms. The number of rotatable bonds is 2. The van der Waals surface area contributed by atoms with Gasteiger partial charge >= 0.3 is 0 Å². The van der Waals surface area contributed by atoms with Crippen molar-refractivity contribution in [2.45, 2.75) is 52.6 Å². The Labute approximate surface area is 173 Å². The minimum atomic E-state index is 0. The molecule has 5 heteroatoms. The second-order valence-corrected chi connectivity index (χ2v) is 8.15. The first kappa shape index (κ1) is 24.9. The Kier molecular flexibility index (Phi) is 10.1. The molecule has 27 heavy (non-hydrogen) atoms. The van der Waals surface area contributed by atoms with Crippen LogP contribution in [0.3, 0.4) is 0 Å². The molecule has 0 aliphatic heterocycles. The Balaban J connectivity index is 0.000000483. The molecule has 2 rings (SSSR count). The summed E-state index contributed by atoms with van der Waals surface area (Å²) in [6, 6.07) is 0. The van der Waals surface area contributed by atoms with E-state index in [9.17, 15) is 9.59 Å². The third-order valence-electron chi connectivity index (χ3n) is 3.16. The van der Waals surface area contributed by atoms with Crippen molar-refractivity contribution in [1.29, 1.82) is 0 Å². The van der Waals surface area contributed by atoms with Gasteiger partial charge in [0.25, 0.3) is 0 Å². The molecule has 151 valence electrons. The second-order valence-electron chi connectivity index (χ2n) is 8.15. The molecular weight excluding hydrogens is 388 g/mol. The average Bonchev–Trinajstić information content (AvgIpc) is 2.52. The summed E-state index contributed by atoms with van der Waals surface area (Å²) in [6.07, 6.45) is 17.5. The molecule has 0 unspecified atom stereocenters. The summed E-state index contributed by atoms with van der Waals surface area (Å²) in [5.74, 6) is 0.110. The summed E-state index contributed by atoms with van der Waals surface area (Å²) in [7, 11) is 0. The van der Waals surface area contributed by atoms with E-state index in [-0.39, 0.29) is 39.7 Å². The molecule has 2 aliphatic rings. The van der Waals surface area contributed by atoms with Gasteiger partial charge in [-0.05, 0) is 65.8 Å². The first-order chi connectivity index (χ1) is 12.0. The third kappa shape index (κ3) is 11.3. The van der Waals surface area contributed by atoms with Gasteiger partial charge in [0.1, 0.15) is 0 Å². The van der Waals surface area contributed by atoms with Crippen LogP contribution in [0, 0.1) is 0 Å². The van der Waals surface area contributed by atoms with E-state index in [1.807, 2.05) is 12.2 Å². The molecule has 0 aromatic rings. The van der Waals surface area contributed by atoms with Crippen LogP contribution in [0.2, 0.25) is 0 Å². The van der Waals surface area contributed by atoms with E-state index >= 15 is 0 Å². The molecule has 0 bridgehead atoms. The van der Waals surface area contributed by atoms with Gasteiger partial charge in [-0.2, -0.15) is 0 Å². The molecule has 0 fully saturated rings. The van der Waals surface area contributed by atoms with Crippen LogP contribution in [-0.2, 0) is 26.7 Å². The minimum Gasteiger partial charge on any atom is -0.386 e. The van der Waals surface area contributed by atoms with Gasteiger partial charge in [0.15, 0.2) is 11.6 Å². The van der Waals surface area contributed by atoms with Crippen LogP contribution in [-0.4, -0.2) is 22.6 Å². The maximum absolute atomic E-state index is 11.3. The van der Waals surface area contributed by atoms with Crippen molar-refractivity contribution in [3.63, 3.8) is 0 Å². The zero-order valence-electron chi connectivity index (χ0n) is 16.9. The van der Waals surface area contributed by atoms with E-state index in [0.717, 1.165) is 0 Å². The molecule has 0 aromatic heterocycles. The summed E-state index contributed by atoms with van der Waals surface area (Å²) in [6.45, 7) is 12.3. The van der Waals surface area contributed by atoms with Crippen LogP contribution in [0.5, 0.6) is 0 Å². The molecule has 0 amide bonds. The molecule has 0 aromatic carbocycles. The Morgan fingerprint density at radius 1 is 0.630 bits per heavy atom. The number of carbonyl (C=O) groups excluding carboxylic acids is 2. The number of hydrogen-bond acceptors (Lipinski definition) is 4. The summed E-state index contributed by atoms with van der Waals surface area (Å²) >= 11 is 0. The topological polar surface area (TPSA) is 58.2 Å². The molecule has 2 aliphatic carbocycles. The fourth-order valence-electron chi connectivity index (χ4n) is 1.79. The molecule has 0 heterocycles. The van der Waals surface area contributed by atoms with Crippen LogP contribution in [0.15, 0.2) is 72.2 Å². The Morgan fingerprint density at radius 2 is 0.926 bits per heavy atom. The predicted octanol–water partition coefficient (Wildman–Crippen LogP) is 3.90. The number of nitrogens with one attached hydrogen (secondary N) is 2. The first-order valence-corrected chi connectivity index (χ1v) is 8.72. The molecule has 1 radical (unpaired) electrons. The standard InChI is InChI=1S/2C11H15NO.Cu/c2*1-11(2,3)12-8-9-6-4-5-7-10(9)13;/h2*4-8,12H,1-3H3;/b2*9-8-;. The fourth-order valence-corrected chi connectivity index (χ4v) is 1.79. The van der Waals surface area contributed by atoms with Gasteiger partial charge in [-0.25, -0.2) is 0 Å². The maximum Gasteiger partial charge on any atom is 0.187 e. The van der Waals surface area contributed by atoms with Crippen molar-refractivity contribution in [2.75, 3.05) is 0 Å². The van der Waals surface area contributed by atoms with Crippen LogP contribution in [0.4, 0.5) is 0 Å². The van der Waals surface area contributed by atoms with Gasteiger partial charge in [0, 0.05) is 51.7 Å². The molecule has 0 saturated carbocycles. The Morgan fingerprint density at radius 3 is 1.19 bits per heavy atom. The van der Waals surface area contributed by atoms with Crippen molar-refractivity contribution in [3.05, 3.63) is 72.2 Å². The molecule has 0 atom stereocenters. The predicted molar refractivity (Wildman–Crippen MR) is 109 cm³/mol. The minimum absolute atomic E-state index is 0. The summed E-state index contributed by atoms with van der Waals surface area (Å²) in [5.41, 5.74) is 1.42. The number of ketones is 2. The number of allylic oxidation sites excluding steroid dienone is 10. The van der Waals surface area contributed by atoms with E-state index in [4.69, 9.17) is 0 Å². The van der Waals surface area contributed by atoms with Crippen molar-refractivity contribution in [2.24, 2.45) is 0 Å². The zero-order valence-corrected chi connectivity index (χ0v) is 17.8. The molecule has 4 nitrogen and oxygen atoms in total. The van der Waals surface area contributed by atoms with Crippen molar-refractivity contribution >= 4 is 11.6 Å². The van der Waals surface area contributed by atoms with E-state index in [1.165, 1.54) is 0 Å². The monoisotopic (exact) mass is 417 g/mol. The van der Waals surface area contributed by atoms with Crippen LogP contribution >= 0.6 is 0 Å². The van der Waals surface area contributed by atoms with Gasteiger partial charge < -0.3 is 10.6 Å². The van der Waals surface area contributed by atoms with Gasteiger partial charge in [0.2, 0.25) is 0 Å². The second kappa shape index (κ2) is 10.9. The quantitative estimate of drug-likeness (QED) is 0.528.